The molecule has 2 aromatic carbocycles. The van der Waals surface area contributed by atoms with Crippen molar-refractivity contribution in [3.8, 4) is 0 Å². The summed E-state index contributed by atoms with van der Waals surface area (Å²) in [4.78, 5) is 38.4. The number of imide groups is 1. The summed E-state index contributed by atoms with van der Waals surface area (Å²) in [5.41, 5.74) is 1.27. The molecule has 0 spiro atoms. The van der Waals surface area contributed by atoms with Crippen LogP contribution < -0.4 is 16.0 Å². The van der Waals surface area contributed by atoms with Crippen molar-refractivity contribution in [1.82, 2.24) is 15.5 Å². The number of benzene rings is 2. The van der Waals surface area contributed by atoms with E-state index in [0.29, 0.717) is 22.8 Å². The number of nitrogens with zero attached hydrogens (tertiary/aromatic N) is 1. The molecule has 0 radical (unpaired) electrons. The first-order valence-electron chi connectivity index (χ1n) is 8.80. The average Bonchev–Trinajstić information content (AvgIpc) is 2.64. The van der Waals surface area contributed by atoms with Gasteiger partial charge in [-0.2, -0.15) is 0 Å². The van der Waals surface area contributed by atoms with Crippen molar-refractivity contribution in [3.05, 3.63) is 65.2 Å². The van der Waals surface area contributed by atoms with Gasteiger partial charge in [0.25, 0.3) is 0 Å². The van der Waals surface area contributed by atoms with Crippen molar-refractivity contribution in [1.29, 1.82) is 0 Å². The Bertz CT molecular complexity index is 812. The molecule has 2 rings (SSSR count). The lowest BCUT2D eigenvalue weighted by Crippen LogP contribution is -2.46. The highest BCUT2D eigenvalue weighted by Gasteiger charge is 2.27. The number of hydrogen-bond acceptors (Lipinski definition) is 4. The topological polar surface area (TPSA) is 90.5 Å². The minimum atomic E-state index is -0.806. The van der Waals surface area contributed by atoms with Crippen LogP contribution >= 0.6 is 11.6 Å². The smallest absolute Gasteiger partial charge is 0.321 e. The van der Waals surface area contributed by atoms with Crippen molar-refractivity contribution >= 4 is 35.1 Å². The zero-order valence-corrected chi connectivity index (χ0v) is 16.5. The molecule has 0 saturated carbocycles. The number of amides is 4. The second-order valence-electron chi connectivity index (χ2n) is 6.13. The summed E-state index contributed by atoms with van der Waals surface area (Å²) in [6, 6.07) is 14.3. The first-order chi connectivity index (χ1) is 13.4. The molecule has 1 atom stereocenters. The van der Waals surface area contributed by atoms with Gasteiger partial charge in [-0.05, 0) is 43.8 Å². The molecule has 0 unspecified atom stereocenters. The Balaban J connectivity index is 2.10. The molecular weight excluding hydrogens is 380 g/mol. The van der Waals surface area contributed by atoms with Crippen molar-refractivity contribution in [2.45, 2.75) is 13.0 Å². The average molecular weight is 403 g/mol. The number of carbonyl (C=O) groups excluding carboxylic acids is 3. The molecule has 4 amide bonds. The van der Waals surface area contributed by atoms with Gasteiger partial charge >= 0.3 is 6.03 Å². The Hall–Kier alpha value is -2.90. The summed E-state index contributed by atoms with van der Waals surface area (Å²) < 4.78 is 0. The number of likely N-dealkylation sites (N-methyl/N-ethyl adjacent to an activating group) is 1. The second-order valence-corrected chi connectivity index (χ2v) is 6.57. The fraction of sp³-hybridized carbons (Fsp3) is 0.250. The van der Waals surface area contributed by atoms with Gasteiger partial charge in [-0.1, -0.05) is 41.9 Å². The maximum Gasteiger partial charge on any atom is 0.321 e. The molecule has 7 nitrogen and oxygen atoms in total. The molecule has 0 heterocycles. The molecule has 0 fully saturated rings. The fourth-order valence-corrected chi connectivity index (χ4v) is 2.80. The molecular formula is C20H23ClN4O3. The number of nitrogens with one attached hydrogen (secondary N) is 3. The van der Waals surface area contributed by atoms with E-state index in [4.69, 9.17) is 11.6 Å². The van der Waals surface area contributed by atoms with E-state index in [1.807, 2.05) is 6.07 Å². The zero-order chi connectivity index (χ0) is 20.5. The molecule has 2 aromatic rings. The van der Waals surface area contributed by atoms with E-state index in [9.17, 15) is 14.4 Å². The van der Waals surface area contributed by atoms with Gasteiger partial charge in [0.2, 0.25) is 11.8 Å². The van der Waals surface area contributed by atoms with E-state index < -0.39 is 18.0 Å². The highest BCUT2D eigenvalue weighted by Crippen LogP contribution is 2.20. The molecule has 0 aromatic heterocycles. The zero-order valence-electron chi connectivity index (χ0n) is 15.7. The molecule has 0 aliphatic rings. The number of halogens is 1. The Kier molecular flexibility index (Phi) is 7.98. The van der Waals surface area contributed by atoms with Crippen LogP contribution in [0.1, 0.15) is 18.5 Å². The summed E-state index contributed by atoms with van der Waals surface area (Å²) in [5.74, 6) is -0.810. The molecule has 8 heteroatoms. The van der Waals surface area contributed by atoms with Crippen LogP contribution in [0.4, 0.5) is 10.5 Å². The lowest BCUT2D eigenvalue weighted by atomic mass is 10.0. The minimum absolute atomic E-state index is 0.0506. The van der Waals surface area contributed by atoms with Crippen LogP contribution in [0.15, 0.2) is 54.6 Å². The van der Waals surface area contributed by atoms with Gasteiger partial charge in [0.05, 0.1) is 6.54 Å². The summed E-state index contributed by atoms with van der Waals surface area (Å²) in [6.45, 7) is 2.10. The third-order valence-electron chi connectivity index (χ3n) is 3.90. The molecule has 0 saturated heterocycles. The van der Waals surface area contributed by atoms with Crippen LogP contribution in [0, 0.1) is 0 Å². The normalized spacial score (nSPS) is 11.6. The molecule has 0 aliphatic carbocycles. The number of hydrogen-bond donors (Lipinski definition) is 3. The Morgan fingerprint density at radius 1 is 1.04 bits per heavy atom. The predicted octanol–water partition coefficient (Wildman–Crippen LogP) is 2.80. The number of anilines is 1. The van der Waals surface area contributed by atoms with E-state index >= 15 is 0 Å². The van der Waals surface area contributed by atoms with Crippen LogP contribution in [0.5, 0.6) is 0 Å². The number of rotatable bonds is 7. The fourth-order valence-electron chi connectivity index (χ4n) is 2.68. The van der Waals surface area contributed by atoms with Gasteiger partial charge in [0.15, 0.2) is 0 Å². The summed E-state index contributed by atoms with van der Waals surface area (Å²) in [5, 5.41) is 8.16. The second kappa shape index (κ2) is 10.4. The van der Waals surface area contributed by atoms with E-state index in [1.165, 1.54) is 0 Å². The largest absolute Gasteiger partial charge is 0.338 e. The maximum absolute atomic E-state index is 12.7. The maximum atomic E-state index is 12.7. The van der Waals surface area contributed by atoms with E-state index in [0.717, 1.165) is 0 Å². The highest BCUT2D eigenvalue weighted by molar-refractivity contribution is 6.30. The standard InChI is InChI=1S/C20H23ClN4O3/c1-3-22-20(28)24-19(27)18(14-7-5-4-6-8-14)25(2)13-17(26)23-16-11-9-15(21)10-12-16/h4-12,18H,3,13H2,1-2H3,(H,23,26)(H2,22,24,27,28)/t18-/m1/s1. The predicted molar refractivity (Wildman–Crippen MR) is 109 cm³/mol. The SMILES string of the molecule is CCNC(=O)NC(=O)[C@@H](c1ccccc1)N(C)CC(=O)Nc1ccc(Cl)cc1. The molecule has 148 valence electrons. The van der Waals surface area contributed by atoms with Gasteiger partial charge in [-0.25, -0.2) is 4.79 Å². The van der Waals surface area contributed by atoms with E-state index in [2.05, 4.69) is 16.0 Å². The third-order valence-corrected chi connectivity index (χ3v) is 4.15. The van der Waals surface area contributed by atoms with Crippen molar-refractivity contribution in [2.24, 2.45) is 0 Å². The molecule has 0 aliphatic heterocycles. The van der Waals surface area contributed by atoms with Gasteiger partial charge in [0.1, 0.15) is 6.04 Å². The van der Waals surface area contributed by atoms with Gasteiger partial charge < -0.3 is 10.6 Å². The van der Waals surface area contributed by atoms with E-state index in [-0.39, 0.29) is 12.5 Å². The van der Waals surface area contributed by atoms with Crippen LogP contribution in [-0.4, -0.2) is 42.9 Å². The monoisotopic (exact) mass is 402 g/mol. The lowest BCUT2D eigenvalue weighted by molar-refractivity contribution is -0.126. The van der Waals surface area contributed by atoms with Gasteiger partial charge in [-0.15, -0.1) is 0 Å². The van der Waals surface area contributed by atoms with Crippen molar-refractivity contribution in [2.75, 3.05) is 25.5 Å². The summed E-state index contributed by atoms with van der Waals surface area (Å²) in [6.07, 6.45) is 0. The number of urea groups is 1. The van der Waals surface area contributed by atoms with Crippen molar-refractivity contribution in [3.63, 3.8) is 0 Å². The first-order valence-corrected chi connectivity index (χ1v) is 9.17. The molecule has 28 heavy (non-hydrogen) atoms. The van der Waals surface area contributed by atoms with Crippen LogP contribution in [-0.2, 0) is 9.59 Å². The first kappa shape index (κ1) is 21.4. The molecule has 3 N–H and O–H groups in total. The van der Waals surface area contributed by atoms with Crippen LogP contribution in [0.3, 0.4) is 0 Å². The Morgan fingerprint density at radius 2 is 1.68 bits per heavy atom. The van der Waals surface area contributed by atoms with Crippen LogP contribution in [0.25, 0.3) is 0 Å². The third kappa shape index (κ3) is 6.37. The highest BCUT2D eigenvalue weighted by atomic mass is 35.5. The Labute approximate surface area is 169 Å². The van der Waals surface area contributed by atoms with Gasteiger partial charge in [-0.3, -0.25) is 19.8 Å². The van der Waals surface area contributed by atoms with Gasteiger partial charge in [0, 0.05) is 17.3 Å². The van der Waals surface area contributed by atoms with Crippen LogP contribution in [0.2, 0.25) is 5.02 Å². The summed E-state index contributed by atoms with van der Waals surface area (Å²) in [7, 11) is 1.65. The van der Waals surface area contributed by atoms with E-state index in [1.54, 1.807) is 67.4 Å². The Morgan fingerprint density at radius 3 is 2.29 bits per heavy atom. The van der Waals surface area contributed by atoms with Crippen molar-refractivity contribution < 1.29 is 14.4 Å². The molecule has 0 bridgehead atoms. The lowest BCUT2D eigenvalue weighted by Gasteiger charge is -2.26. The quantitative estimate of drug-likeness (QED) is 0.664. The number of carbonyl (C=O) groups is 3. The minimum Gasteiger partial charge on any atom is -0.338 e. The summed E-state index contributed by atoms with van der Waals surface area (Å²) >= 11 is 5.84.